The number of fused-ring (bicyclic) bond motifs is 3. The Kier molecular flexibility index (Phi) is 4.93. The summed E-state index contributed by atoms with van der Waals surface area (Å²) in [5, 5.41) is 2.68. The molecule has 1 aromatic heterocycles. The zero-order valence-electron chi connectivity index (χ0n) is 18.4. The van der Waals surface area contributed by atoms with Crippen LogP contribution in [0.2, 0.25) is 0 Å². The highest BCUT2D eigenvalue weighted by Gasteiger charge is 2.11. The molecular weight excluding hydrogens is 418 g/mol. The fourth-order valence-corrected chi connectivity index (χ4v) is 5.73. The third-order valence-electron chi connectivity index (χ3n) is 6.33. The van der Waals surface area contributed by atoms with E-state index in [1.54, 1.807) is 0 Å². The second-order valence-corrected chi connectivity index (χ2v) is 9.35. The van der Waals surface area contributed by atoms with Crippen LogP contribution in [0.3, 0.4) is 0 Å². The fourth-order valence-electron chi connectivity index (χ4n) is 4.50. The molecule has 0 aliphatic rings. The van der Waals surface area contributed by atoms with Gasteiger partial charge in [-0.1, -0.05) is 91.0 Å². The lowest BCUT2D eigenvalue weighted by molar-refractivity contribution is 1.21. The molecule has 0 spiro atoms. The topological polar surface area (TPSA) is 3.24 Å². The Hall–Kier alpha value is -3.88. The highest BCUT2D eigenvalue weighted by Crippen LogP contribution is 2.40. The van der Waals surface area contributed by atoms with Crippen LogP contribution in [0.25, 0.3) is 42.4 Å². The Labute approximate surface area is 198 Å². The van der Waals surface area contributed by atoms with Gasteiger partial charge in [-0.05, 0) is 52.6 Å². The summed E-state index contributed by atoms with van der Waals surface area (Å²) in [5.74, 6) is 0. The highest BCUT2D eigenvalue weighted by atomic mass is 32.1. The van der Waals surface area contributed by atoms with E-state index >= 15 is 0 Å². The maximum atomic E-state index is 2.24. The van der Waals surface area contributed by atoms with Crippen LogP contribution < -0.4 is 4.90 Å². The second kappa shape index (κ2) is 8.23. The van der Waals surface area contributed by atoms with Crippen molar-refractivity contribution in [2.75, 3.05) is 11.9 Å². The van der Waals surface area contributed by atoms with E-state index in [-0.39, 0.29) is 0 Å². The first kappa shape index (κ1) is 19.8. The molecule has 0 unspecified atom stereocenters. The summed E-state index contributed by atoms with van der Waals surface area (Å²) in [6, 6.07) is 43.5. The predicted molar refractivity (Wildman–Crippen MR) is 145 cm³/mol. The van der Waals surface area contributed by atoms with Crippen LogP contribution in [-0.2, 0) is 0 Å². The Balaban J connectivity index is 1.30. The van der Waals surface area contributed by atoms with Gasteiger partial charge in [0.2, 0.25) is 0 Å². The third-order valence-corrected chi connectivity index (χ3v) is 7.55. The van der Waals surface area contributed by atoms with Gasteiger partial charge in [0.15, 0.2) is 0 Å². The molecule has 1 heterocycles. The van der Waals surface area contributed by atoms with Gasteiger partial charge >= 0.3 is 0 Å². The molecule has 0 N–H and O–H groups in total. The van der Waals surface area contributed by atoms with Gasteiger partial charge in [-0.15, -0.1) is 11.3 Å². The van der Waals surface area contributed by atoms with Crippen molar-refractivity contribution in [2.24, 2.45) is 0 Å². The van der Waals surface area contributed by atoms with E-state index in [1.165, 1.54) is 53.8 Å². The minimum absolute atomic E-state index is 1.18. The number of thiophene rings is 1. The standard InChI is InChI=1S/C31H23NS/c1-32(25-18-14-23(15-19-25)22-8-3-2-4-9-22)26-20-16-24(17-21-26)27-11-7-12-29-28-10-5-6-13-30(28)33-31(27)29/h2-21H,1H3. The fraction of sp³-hybridized carbons (Fsp3) is 0.0323. The molecule has 1 nitrogen and oxygen atoms in total. The lowest BCUT2D eigenvalue weighted by atomic mass is 10.0. The first-order chi connectivity index (χ1) is 16.3. The SMILES string of the molecule is CN(c1ccc(-c2ccccc2)cc1)c1ccc(-c2cccc3c2sc2ccccc23)cc1. The molecule has 0 bridgehead atoms. The van der Waals surface area contributed by atoms with Crippen molar-refractivity contribution < 1.29 is 0 Å². The molecule has 33 heavy (non-hydrogen) atoms. The highest BCUT2D eigenvalue weighted by molar-refractivity contribution is 7.26. The van der Waals surface area contributed by atoms with E-state index in [1.807, 2.05) is 11.3 Å². The summed E-state index contributed by atoms with van der Waals surface area (Å²) < 4.78 is 2.70. The lowest BCUT2D eigenvalue weighted by Gasteiger charge is -2.20. The number of benzene rings is 5. The summed E-state index contributed by atoms with van der Waals surface area (Å²) >= 11 is 1.88. The second-order valence-electron chi connectivity index (χ2n) is 8.30. The van der Waals surface area contributed by atoms with Crippen molar-refractivity contribution >= 4 is 42.9 Å². The van der Waals surface area contributed by atoms with Gasteiger partial charge in [0.1, 0.15) is 0 Å². The summed E-state index contributed by atoms with van der Waals surface area (Å²) in [6.45, 7) is 0. The average Bonchev–Trinajstić information content (AvgIpc) is 3.28. The van der Waals surface area contributed by atoms with Crippen LogP contribution in [0.4, 0.5) is 11.4 Å². The minimum Gasteiger partial charge on any atom is -0.345 e. The third kappa shape index (κ3) is 3.59. The molecule has 158 valence electrons. The molecule has 6 aromatic rings. The molecule has 0 atom stereocenters. The Bertz CT molecular complexity index is 1540. The molecule has 0 aliphatic heterocycles. The molecule has 0 fully saturated rings. The molecule has 0 saturated heterocycles. The van der Waals surface area contributed by atoms with Crippen LogP contribution in [0.5, 0.6) is 0 Å². The summed E-state index contributed by atoms with van der Waals surface area (Å²) in [7, 11) is 2.12. The van der Waals surface area contributed by atoms with Gasteiger partial charge < -0.3 is 4.90 Å². The zero-order valence-corrected chi connectivity index (χ0v) is 19.2. The zero-order chi connectivity index (χ0) is 22.2. The lowest BCUT2D eigenvalue weighted by Crippen LogP contribution is -2.08. The molecule has 6 rings (SSSR count). The number of rotatable bonds is 4. The van der Waals surface area contributed by atoms with Crippen LogP contribution in [0.1, 0.15) is 0 Å². The maximum Gasteiger partial charge on any atom is 0.0433 e. The van der Waals surface area contributed by atoms with Crippen molar-refractivity contribution in [3.05, 3.63) is 121 Å². The molecule has 5 aromatic carbocycles. The Morgan fingerprint density at radius 3 is 1.79 bits per heavy atom. The van der Waals surface area contributed by atoms with Gasteiger partial charge in [0.25, 0.3) is 0 Å². The molecule has 0 aliphatic carbocycles. The van der Waals surface area contributed by atoms with Gasteiger partial charge in [-0.2, -0.15) is 0 Å². The van der Waals surface area contributed by atoms with Crippen molar-refractivity contribution in [1.82, 2.24) is 0 Å². The van der Waals surface area contributed by atoms with Gasteiger partial charge in [0.05, 0.1) is 0 Å². The Morgan fingerprint density at radius 1 is 0.485 bits per heavy atom. The number of hydrogen-bond donors (Lipinski definition) is 0. The van der Waals surface area contributed by atoms with E-state index in [0.29, 0.717) is 0 Å². The van der Waals surface area contributed by atoms with E-state index in [2.05, 4.69) is 133 Å². The summed E-state index contributed by atoms with van der Waals surface area (Å²) in [4.78, 5) is 2.23. The molecule has 0 amide bonds. The maximum absolute atomic E-state index is 2.24. The summed E-state index contributed by atoms with van der Waals surface area (Å²) in [5.41, 5.74) is 7.38. The van der Waals surface area contributed by atoms with Crippen molar-refractivity contribution in [1.29, 1.82) is 0 Å². The van der Waals surface area contributed by atoms with E-state index < -0.39 is 0 Å². The quantitative estimate of drug-likeness (QED) is 0.263. The normalized spacial score (nSPS) is 11.2. The Morgan fingerprint density at radius 2 is 1.06 bits per heavy atom. The molecule has 0 radical (unpaired) electrons. The van der Waals surface area contributed by atoms with Gasteiger partial charge in [-0.3, -0.25) is 0 Å². The van der Waals surface area contributed by atoms with Crippen LogP contribution in [0.15, 0.2) is 121 Å². The predicted octanol–water partition coefficient (Wildman–Crippen LogP) is 9.16. The number of anilines is 2. The van der Waals surface area contributed by atoms with Crippen LogP contribution in [0, 0.1) is 0 Å². The van der Waals surface area contributed by atoms with Crippen molar-refractivity contribution in [2.45, 2.75) is 0 Å². The van der Waals surface area contributed by atoms with E-state index in [9.17, 15) is 0 Å². The monoisotopic (exact) mass is 441 g/mol. The van der Waals surface area contributed by atoms with Crippen molar-refractivity contribution in [3.63, 3.8) is 0 Å². The molecular formula is C31H23NS. The van der Waals surface area contributed by atoms with Gasteiger partial charge in [-0.25, -0.2) is 0 Å². The van der Waals surface area contributed by atoms with E-state index in [4.69, 9.17) is 0 Å². The first-order valence-electron chi connectivity index (χ1n) is 11.2. The summed E-state index contributed by atoms with van der Waals surface area (Å²) in [6.07, 6.45) is 0. The largest absolute Gasteiger partial charge is 0.345 e. The number of nitrogens with zero attached hydrogens (tertiary/aromatic N) is 1. The van der Waals surface area contributed by atoms with Gasteiger partial charge in [0, 0.05) is 38.6 Å². The number of hydrogen-bond acceptors (Lipinski definition) is 2. The smallest absolute Gasteiger partial charge is 0.0433 e. The van der Waals surface area contributed by atoms with Crippen LogP contribution in [-0.4, -0.2) is 7.05 Å². The van der Waals surface area contributed by atoms with E-state index in [0.717, 1.165) is 0 Å². The van der Waals surface area contributed by atoms with Crippen LogP contribution >= 0.6 is 11.3 Å². The minimum atomic E-state index is 1.18. The van der Waals surface area contributed by atoms with Crippen molar-refractivity contribution in [3.8, 4) is 22.3 Å². The average molecular weight is 442 g/mol. The molecule has 0 saturated carbocycles. The molecule has 2 heteroatoms. The first-order valence-corrected chi connectivity index (χ1v) is 12.0.